The van der Waals surface area contributed by atoms with Crippen LogP contribution in [0.2, 0.25) is 0 Å². The van der Waals surface area contributed by atoms with Gasteiger partial charge in [-0.1, -0.05) is 25.1 Å². The van der Waals surface area contributed by atoms with Crippen LogP contribution in [0.1, 0.15) is 25.3 Å². The minimum absolute atomic E-state index is 0.166. The van der Waals surface area contributed by atoms with Crippen LogP contribution in [0, 0.1) is 5.92 Å². The van der Waals surface area contributed by atoms with Crippen molar-refractivity contribution in [2.75, 3.05) is 20.1 Å². The van der Waals surface area contributed by atoms with Gasteiger partial charge in [0.25, 0.3) is 10.2 Å². The number of H-pyrrole nitrogens is 1. The summed E-state index contributed by atoms with van der Waals surface area (Å²) in [4.78, 5) is 18.0. The van der Waals surface area contributed by atoms with Crippen molar-refractivity contribution in [2.45, 2.75) is 32.2 Å². The van der Waals surface area contributed by atoms with Gasteiger partial charge in [-0.25, -0.2) is 4.72 Å². The van der Waals surface area contributed by atoms with E-state index in [2.05, 4.69) is 21.4 Å². The number of amides is 1. The van der Waals surface area contributed by atoms with E-state index in [1.54, 1.807) is 4.90 Å². The van der Waals surface area contributed by atoms with Gasteiger partial charge in [-0.2, -0.15) is 13.1 Å². The Kier molecular flexibility index (Phi) is 5.64. The molecule has 2 aromatic rings. The Morgan fingerprint density at radius 3 is 2.69 bits per heavy atom. The molecule has 0 radical (unpaired) electrons. The number of carbonyl (C=O) groups excluding carboxylic acids is 1. The van der Waals surface area contributed by atoms with Gasteiger partial charge in [0, 0.05) is 37.2 Å². The molecule has 1 aliphatic heterocycles. The number of para-hydroxylation sites is 1. The number of hydrogen-bond acceptors (Lipinski definition) is 3. The molecule has 0 aliphatic carbocycles. The van der Waals surface area contributed by atoms with Gasteiger partial charge in [0.2, 0.25) is 5.91 Å². The van der Waals surface area contributed by atoms with Crippen LogP contribution in [-0.4, -0.2) is 50.4 Å². The summed E-state index contributed by atoms with van der Waals surface area (Å²) in [5.74, 6) is 0.432. The van der Waals surface area contributed by atoms with Crippen LogP contribution in [-0.2, 0) is 21.4 Å². The molecule has 1 aromatic carbocycles. The van der Waals surface area contributed by atoms with Gasteiger partial charge in [0.15, 0.2) is 0 Å². The van der Waals surface area contributed by atoms with Gasteiger partial charge in [-0.05, 0) is 36.8 Å². The summed E-state index contributed by atoms with van der Waals surface area (Å²) in [6, 6.07) is 6.96. The lowest BCUT2D eigenvalue weighted by Gasteiger charge is -2.33. The largest absolute Gasteiger partial charge is 0.361 e. The van der Waals surface area contributed by atoms with Crippen molar-refractivity contribution in [3.8, 4) is 0 Å². The predicted octanol–water partition coefficient (Wildman–Crippen LogP) is 1.39. The van der Waals surface area contributed by atoms with Crippen molar-refractivity contribution in [2.24, 2.45) is 5.92 Å². The zero-order valence-corrected chi connectivity index (χ0v) is 16.0. The monoisotopic (exact) mass is 378 g/mol. The molecule has 26 heavy (non-hydrogen) atoms. The molecule has 2 heterocycles. The third kappa shape index (κ3) is 4.25. The lowest BCUT2D eigenvalue weighted by Crippen LogP contribution is -2.53. The summed E-state index contributed by atoms with van der Waals surface area (Å²) >= 11 is 0. The molecule has 8 heteroatoms. The summed E-state index contributed by atoms with van der Waals surface area (Å²) in [5, 5.41) is 1.00. The van der Waals surface area contributed by atoms with Gasteiger partial charge in [-0.3, -0.25) is 4.79 Å². The van der Waals surface area contributed by atoms with Crippen LogP contribution in [0.25, 0.3) is 10.9 Å². The van der Waals surface area contributed by atoms with E-state index in [-0.39, 0.29) is 5.91 Å². The van der Waals surface area contributed by atoms with Crippen LogP contribution in [0.15, 0.2) is 30.5 Å². The Hall–Kier alpha value is -1.90. The van der Waals surface area contributed by atoms with E-state index in [1.807, 2.05) is 30.5 Å². The molecule has 1 saturated heterocycles. The van der Waals surface area contributed by atoms with E-state index in [1.165, 1.54) is 7.05 Å². The lowest BCUT2D eigenvalue weighted by molar-refractivity contribution is -0.134. The SMILES string of the molecule is CNS(=O)(=O)NC(Cc1c[nH]c2ccccc12)C(=O)N1CCC(C)CC1. The highest BCUT2D eigenvalue weighted by Gasteiger charge is 2.30. The molecule has 1 atom stereocenters. The normalized spacial score (nSPS) is 17.5. The molecule has 1 fully saturated rings. The fraction of sp³-hybridized carbons (Fsp3) is 0.500. The second kappa shape index (κ2) is 7.77. The number of likely N-dealkylation sites (tertiary alicyclic amines) is 1. The fourth-order valence-corrected chi connectivity index (χ4v) is 4.07. The third-order valence-corrected chi connectivity index (χ3v) is 6.19. The maximum Gasteiger partial charge on any atom is 0.277 e. The van der Waals surface area contributed by atoms with Crippen molar-refractivity contribution in [3.05, 3.63) is 36.0 Å². The topological polar surface area (TPSA) is 94.3 Å². The Labute approximate surface area is 154 Å². The Balaban J connectivity index is 1.84. The molecule has 1 amide bonds. The van der Waals surface area contributed by atoms with E-state index in [0.717, 1.165) is 29.3 Å². The highest BCUT2D eigenvalue weighted by Crippen LogP contribution is 2.21. The summed E-state index contributed by atoms with van der Waals surface area (Å²) in [6.45, 7) is 3.52. The molecule has 142 valence electrons. The maximum atomic E-state index is 13.0. The molecule has 1 unspecified atom stereocenters. The Morgan fingerprint density at radius 1 is 1.31 bits per heavy atom. The maximum absolute atomic E-state index is 13.0. The molecule has 7 nitrogen and oxygen atoms in total. The van der Waals surface area contributed by atoms with Crippen LogP contribution >= 0.6 is 0 Å². The summed E-state index contributed by atoms with van der Waals surface area (Å²) in [6.07, 6.45) is 4.04. The zero-order chi connectivity index (χ0) is 18.7. The number of fused-ring (bicyclic) bond motifs is 1. The standard InChI is InChI=1S/C18H26N4O3S/c1-13-7-9-22(10-8-13)18(23)17(21-26(24,25)19-2)11-14-12-20-16-6-4-3-5-15(14)16/h3-6,12-13,17,19-21H,7-11H2,1-2H3. The third-order valence-electron chi connectivity index (χ3n) is 5.06. The number of hydrogen-bond donors (Lipinski definition) is 3. The van der Waals surface area contributed by atoms with E-state index >= 15 is 0 Å². The second-order valence-corrected chi connectivity index (χ2v) is 8.60. The van der Waals surface area contributed by atoms with Crippen LogP contribution in [0.3, 0.4) is 0 Å². The summed E-state index contributed by atoms with van der Waals surface area (Å²) in [5.41, 5.74) is 1.89. The van der Waals surface area contributed by atoms with E-state index in [0.29, 0.717) is 25.4 Å². The first-order valence-electron chi connectivity index (χ1n) is 8.94. The number of nitrogens with zero attached hydrogens (tertiary/aromatic N) is 1. The van der Waals surface area contributed by atoms with E-state index in [4.69, 9.17) is 0 Å². The van der Waals surface area contributed by atoms with Crippen molar-refractivity contribution < 1.29 is 13.2 Å². The Bertz CT molecular complexity index is 869. The average Bonchev–Trinajstić information content (AvgIpc) is 3.04. The Morgan fingerprint density at radius 2 is 2.00 bits per heavy atom. The van der Waals surface area contributed by atoms with Gasteiger partial charge in [0.05, 0.1) is 0 Å². The average molecular weight is 378 g/mol. The molecule has 3 rings (SSSR count). The van der Waals surface area contributed by atoms with Gasteiger partial charge in [0.1, 0.15) is 6.04 Å². The quantitative estimate of drug-likeness (QED) is 0.709. The first-order chi connectivity index (χ1) is 12.4. The molecule has 3 N–H and O–H groups in total. The smallest absolute Gasteiger partial charge is 0.277 e. The highest BCUT2D eigenvalue weighted by atomic mass is 32.2. The number of carbonyl (C=O) groups is 1. The number of nitrogens with one attached hydrogen (secondary N) is 3. The number of piperidine rings is 1. The predicted molar refractivity (Wildman–Crippen MR) is 102 cm³/mol. The van der Waals surface area contributed by atoms with Crippen molar-refractivity contribution >= 4 is 27.0 Å². The van der Waals surface area contributed by atoms with E-state index < -0.39 is 16.3 Å². The van der Waals surface area contributed by atoms with Crippen LogP contribution in [0.4, 0.5) is 0 Å². The minimum Gasteiger partial charge on any atom is -0.361 e. The van der Waals surface area contributed by atoms with Crippen LogP contribution in [0.5, 0.6) is 0 Å². The summed E-state index contributed by atoms with van der Waals surface area (Å²) < 4.78 is 28.8. The molecule has 1 aromatic heterocycles. The van der Waals surface area contributed by atoms with E-state index in [9.17, 15) is 13.2 Å². The first kappa shape index (κ1) is 18.9. The molecular formula is C18H26N4O3S. The number of aromatic nitrogens is 1. The molecule has 0 spiro atoms. The lowest BCUT2D eigenvalue weighted by atomic mass is 9.98. The number of aromatic amines is 1. The van der Waals surface area contributed by atoms with Crippen molar-refractivity contribution in [3.63, 3.8) is 0 Å². The second-order valence-electron chi connectivity index (χ2n) is 6.95. The minimum atomic E-state index is -3.73. The number of benzene rings is 1. The zero-order valence-electron chi connectivity index (χ0n) is 15.2. The van der Waals surface area contributed by atoms with Crippen molar-refractivity contribution in [1.29, 1.82) is 0 Å². The fourth-order valence-electron chi connectivity index (χ4n) is 3.40. The molecule has 0 bridgehead atoms. The molecule has 1 aliphatic rings. The van der Waals surface area contributed by atoms with Crippen molar-refractivity contribution in [1.82, 2.24) is 19.3 Å². The first-order valence-corrected chi connectivity index (χ1v) is 10.4. The highest BCUT2D eigenvalue weighted by molar-refractivity contribution is 7.87. The molecule has 0 saturated carbocycles. The number of rotatable bonds is 6. The van der Waals surface area contributed by atoms with Crippen LogP contribution < -0.4 is 9.44 Å². The summed E-state index contributed by atoms with van der Waals surface area (Å²) in [7, 11) is -2.40. The molecular weight excluding hydrogens is 352 g/mol. The van der Waals surface area contributed by atoms with Gasteiger partial charge >= 0.3 is 0 Å². The van der Waals surface area contributed by atoms with Gasteiger partial charge in [-0.15, -0.1) is 0 Å². The van der Waals surface area contributed by atoms with Gasteiger partial charge < -0.3 is 9.88 Å².